The number of rotatable bonds is 5. The van der Waals surface area contributed by atoms with Crippen LogP contribution in [0.15, 0.2) is 0 Å². The van der Waals surface area contributed by atoms with Crippen LogP contribution in [0, 0.1) is 11.3 Å². The largest absolute Gasteiger partial charge is 0.481 e. The van der Waals surface area contributed by atoms with Crippen LogP contribution in [0.1, 0.15) is 32.1 Å². The maximum absolute atomic E-state index is 11.4. The van der Waals surface area contributed by atoms with E-state index in [2.05, 4.69) is 4.90 Å². The summed E-state index contributed by atoms with van der Waals surface area (Å²) in [6, 6.07) is 0. The Bertz CT molecular complexity index is 336. The Morgan fingerprint density at radius 1 is 1.33 bits per heavy atom. The third-order valence-corrected chi connectivity index (χ3v) is 4.23. The molecule has 5 nitrogen and oxygen atoms in total. The number of aliphatic carboxylic acids is 2. The van der Waals surface area contributed by atoms with E-state index in [1.165, 1.54) is 0 Å². The summed E-state index contributed by atoms with van der Waals surface area (Å²) in [5.74, 6) is -1.18. The molecule has 2 atom stereocenters. The van der Waals surface area contributed by atoms with Gasteiger partial charge in [0, 0.05) is 19.5 Å². The second-order valence-electron chi connectivity index (χ2n) is 5.28. The van der Waals surface area contributed by atoms with Crippen molar-refractivity contribution in [1.82, 2.24) is 4.90 Å². The summed E-state index contributed by atoms with van der Waals surface area (Å²) in [6.45, 7) is 2.14. The van der Waals surface area contributed by atoms with Gasteiger partial charge >= 0.3 is 11.9 Å². The molecule has 1 saturated carbocycles. The number of fused-ring (bicyclic) bond motifs is 1. The number of hydrogen-bond acceptors (Lipinski definition) is 3. The molecule has 0 unspecified atom stereocenters. The Labute approximate surface area is 113 Å². The first-order chi connectivity index (χ1) is 8.04. The fraction of sp³-hybridized carbons (Fsp3) is 0.833. The molecule has 1 saturated heterocycles. The van der Waals surface area contributed by atoms with Gasteiger partial charge in [-0.3, -0.25) is 9.59 Å². The van der Waals surface area contributed by atoms with E-state index < -0.39 is 17.4 Å². The predicted octanol–water partition coefficient (Wildman–Crippen LogP) is 1.46. The van der Waals surface area contributed by atoms with Crippen molar-refractivity contribution in [3.05, 3.63) is 0 Å². The van der Waals surface area contributed by atoms with Gasteiger partial charge in [-0.05, 0) is 31.7 Å². The highest BCUT2D eigenvalue weighted by atomic mass is 35.5. The second-order valence-corrected chi connectivity index (χ2v) is 5.28. The topological polar surface area (TPSA) is 77.8 Å². The van der Waals surface area contributed by atoms with Gasteiger partial charge in [-0.25, -0.2) is 0 Å². The first-order valence-corrected chi connectivity index (χ1v) is 6.22. The molecule has 1 aliphatic carbocycles. The number of carboxylic acid groups (broad SMARTS) is 2. The van der Waals surface area contributed by atoms with Crippen molar-refractivity contribution < 1.29 is 19.8 Å². The zero-order chi connectivity index (χ0) is 12.5. The maximum atomic E-state index is 11.4. The molecule has 0 radical (unpaired) electrons. The van der Waals surface area contributed by atoms with Crippen LogP contribution in [-0.4, -0.2) is 46.7 Å². The van der Waals surface area contributed by atoms with Crippen molar-refractivity contribution in [3.63, 3.8) is 0 Å². The predicted molar refractivity (Wildman–Crippen MR) is 68.0 cm³/mol. The van der Waals surface area contributed by atoms with E-state index in [4.69, 9.17) is 5.11 Å². The quantitative estimate of drug-likeness (QED) is 0.795. The lowest BCUT2D eigenvalue weighted by Crippen LogP contribution is -2.35. The highest BCUT2D eigenvalue weighted by molar-refractivity contribution is 5.85. The average molecular weight is 278 g/mol. The number of likely N-dealkylation sites (tertiary alicyclic amines) is 1. The van der Waals surface area contributed by atoms with E-state index in [1.807, 2.05) is 0 Å². The molecule has 2 N–H and O–H groups in total. The number of halogens is 1. The lowest BCUT2D eigenvalue weighted by molar-refractivity contribution is -0.149. The fourth-order valence-corrected chi connectivity index (χ4v) is 3.37. The Hall–Kier alpha value is -0.810. The van der Waals surface area contributed by atoms with E-state index in [-0.39, 0.29) is 24.7 Å². The standard InChI is InChI=1S/C12H19NO4.ClH/c14-10(15)4-2-6-13-7-9-3-1-5-12(9,8-13)11(16)17;/h9H,1-8H2,(H,14,15)(H,16,17);1H/t9-,12+;/m0./s1. The number of nitrogens with zero attached hydrogens (tertiary/aromatic N) is 1. The molecule has 1 heterocycles. The highest BCUT2D eigenvalue weighted by Crippen LogP contribution is 2.48. The maximum Gasteiger partial charge on any atom is 0.311 e. The van der Waals surface area contributed by atoms with Crippen LogP contribution in [0.2, 0.25) is 0 Å². The van der Waals surface area contributed by atoms with Crippen LogP contribution < -0.4 is 0 Å². The molecular weight excluding hydrogens is 258 g/mol. The van der Waals surface area contributed by atoms with Crippen molar-refractivity contribution in [1.29, 1.82) is 0 Å². The van der Waals surface area contributed by atoms with Gasteiger partial charge in [0.15, 0.2) is 0 Å². The summed E-state index contributed by atoms with van der Waals surface area (Å²) in [5, 5.41) is 18.0. The molecule has 104 valence electrons. The van der Waals surface area contributed by atoms with Crippen molar-refractivity contribution in [3.8, 4) is 0 Å². The van der Waals surface area contributed by atoms with Crippen molar-refractivity contribution in [2.45, 2.75) is 32.1 Å². The molecule has 18 heavy (non-hydrogen) atoms. The van der Waals surface area contributed by atoms with Crippen LogP contribution >= 0.6 is 12.4 Å². The zero-order valence-corrected chi connectivity index (χ0v) is 11.1. The third kappa shape index (κ3) is 2.78. The van der Waals surface area contributed by atoms with Gasteiger partial charge < -0.3 is 15.1 Å². The van der Waals surface area contributed by atoms with E-state index in [0.29, 0.717) is 19.5 Å². The molecule has 2 rings (SSSR count). The zero-order valence-electron chi connectivity index (χ0n) is 10.3. The summed E-state index contributed by atoms with van der Waals surface area (Å²) in [5.41, 5.74) is -0.538. The second kappa shape index (κ2) is 5.89. The minimum Gasteiger partial charge on any atom is -0.481 e. The molecule has 0 bridgehead atoms. The van der Waals surface area contributed by atoms with Gasteiger partial charge in [0.25, 0.3) is 0 Å². The Kier molecular flexibility index (Phi) is 4.99. The van der Waals surface area contributed by atoms with Crippen molar-refractivity contribution >= 4 is 24.3 Å². The summed E-state index contributed by atoms with van der Waals surface area (Å²) in [7, 11) is 0. The molecule has 0 aromatic carbocycles. The average Bonchev–Trinajstić information content (AvgIpc) is 2.73. The van der Waals surface area contributed by atoms with Crippen LogP contribution in [0.3, 0.4) is 0 Å². The van der Waals surface area contributed by atoms with Crippen LogP contribution in [0.5, 0.6) is 0 Å². The molecule has 0 aromatic heterocycles. The summed E-state index contributed by atoms with van der Waals surface area (Å²) in [6.07, 6.45) is 3.57. The smallest absolute Gasteiger partial charge is 0.311 e. The molecule has 0 spiro atoms. The number of carbonyl (C=O) groups is 2. The molecule has 2 fully saturated rings. The first kappa shape index (κ1) is 15.2. The monoisotopic (exact) mass is 277 g/mol. The van der Waals surface area contributed by atoms with E-state index >= 15 is 0 Å². The molecular formula is C12H20ClNO4. The highest BCUT2D eigenvalue weighted by Gasteiger charge is 2.54. The van der Waals surface area contributed by atoms with E-state index in [0.717, 1.165) is 25.8 Å². The third-order valence-electron chi connectivity index (χ3n) is 4.23. The molecule has 6 heteroatoms. The number of hydrogen-bond donors (Lipinski definition) is 2. The summed E-state index contributed by atoms with van der Waals surface area (Å²) < 4.78 is 0. The van der Waals surface area contributed by atoms with Crippen LogP contribution in [-0.2, 0) is 9.59 Å². The molecule has 2 aliphatic rings. The van der Waals surface area contributed by atoms with Gasteiger partial charge in [0.05, 0.1) is 5.41 Å². The van der Waals surface area contributed by atoms with Crippen molar-refractivity contribution in [2.24, 2.45) is 11.3 Å². The fourth-order valence-electron chi connectivity index (χ4n) is 3.37. The normalized spacial score (nSPS) is 30.8. The molecule has 0 amide bonds. The Morgan fingerprint density at radius 2 is 2.06 bits per heavy atom. The first-order valence-electron chi connectivity index (χ1n) is 6.22. The lowest BCUT2D eigenvalue weighted by atomic mass is 9.81. The Morgan fingerprint density at radius 3 is 2.61 bits per heavy atom. The lowest BCUT2D eigenvalue weighted by Gasteiger charge is -2.23. The summed E-state index contributed by atoms with van der Waals surface area (Å²) in [4.78, 5) is 24.0. The SMILES string of the molecule is Cl.O=C(O)CCCN1C[C@@H]2CCC[C@@]2(C(=O)O)C1. The van der Waals surface area contributed by atoms with Gasteiger partial charge in [-0.2, -0.15) is 0 Å². The minimum atomic E-state index is -0.780. The number of carboxylic acids is 2. The van der Waals surface area contributed by atoms with E-state index in [9.17, 15) is 14.7 Å². The molecule has 1 aliphatic heterocycles. The Balaban J connectivity index is 0.00000162. The van der Waals surface area contributed by atoms with Crippen molar-refractivity contribution in [2.75, 3.05) is 19.6 Å². The molecule has 0 aromatic rings. The summed E-state index contributed by atoms with van der Waals surface area (Å²) >= 11 is 0. The van der Waals surface area contributed by atoms with Crippen LogP contribution in [0.25, 0.3) is 0 Å². The van der Waals surface area contributed by atoms with Crippen LogP contribution in [0.4, 0.5) is 0 Å². The van der Waals surface area contributed by atoms with Gasteiger partial charge in [-0.15, -0.1) is 12.4 Å². The minimum absolute atomic E-state index is 0. The van der Waals surface area contributed by atoms with E-state index in [1.54, 1.807) is 0 Å². The van der Waals surface area contributed by atoms with Gasteiger partial charge in [0.2, 0.25) is 0 Å². The van der Waals surface area contributed by atoms with Gasteiger partial charge in [0.1, 0.15) is 0 Å². The van der Waals surface area contributed by atoms with Gasteiger partial charge in [-0.1, -0.05) is 6.42 Å².